The number of benzene rings is 1. The number of hydrogen-bond donors (Lipinski definition) is 2. The molecule has 5 nitrogen and oxygen atoms in total. The van der Waals surface area contributed by atoms with Crippen LogP contribution >= 0.6 is 0 Å². The number of hydrogen-bond acceptors (Lipinski definition) is 4. The van der Waals surface area contributed by atoms with E-state index >= 15 is 0 Å². The lowest BCUT2D eigenvalue weighted by Gasteiger charge is -2.21. The highest BCUT2D eigenvalue weighted by Gasteiger charge is 2.24. The van der Waals surface area contributed by atoms with Crippen LogP contribution in [-0.4, -0.2) is 32.4 Å². The molecule has 0 radical (unpaired) electrons. The van der Waals surface area contributed by atoms with E-state index in [1.165, 1.54) is 6.92 Å². The van der Waals surface area contributed by atoms with E-state index in [0.29, 0.717) is 5.69 Å². The molecule has 0 fully saturated rings. The fourth-order valence-corrected chi connectivity index (χ4v) is 2.50. The number of sulfone groups is 1. The first-order valence-electron chi connectivity index (χ1n) is 6.25. The molecule has 104 valence electrons. The van der Waals surface area contributed by atoms with Gasteiger partial charge in [0.1, 0.15) is 5.25 Å². The number of amides is 1. The van der Waals surface area contributed by atoms with Crippen LogP contribution in [0.3, 0.4) is 0 Å². The Bertz CT molecular complexity index is 596. The molecule has 1 atom stereocenters. The fraction of sp³-hybridized carbons (Fsp3) is 0.462. The highest BCUT2D eigenvalue weighted by Crippen LogP contribution is 2.29. The standard InChI is InChI=1S/C13H18N2O3S/c1-9(19(2,17)18)13(16)15-12-7-3-6-11-10(12)5-4-8-14-11/h3,6-7,9,14H,4-5,8H2,1-2H3,(H,15,16). The van der Waals surface area contributed by atoms with Gasteiger partial charge < -0.3 is 10.6 Å². The van der Waals surface area contributed by atoms with E-state index in [2.05, 4.69) is 10.6 Å². The number of carbonyl (C=O) groups excluding carboxylic acids is 1. The number of fused-ring (bicyclic) bond motifs is 1. The summed E-state index contributed by atoms with van der Waals surface area (Å²) in [7, 11) is -3.37. The number of nitrogens with one attached hydrogen (secondary N) is 2. The summed E-state index contributed by atoms with van der Waals surface area (Å²) in [6, 6.07) is 5.61. The largest absolute Gasteiger partial charge is 0.385 e. The molecule has 0 aliphatic carbocycles. The van der Waals surface area contributed by atoms with Crippen LogP contribution in [0.2, 0.25) is 0 Å². The van der Waals surface area contributed by atoms with Gasteiger partial charge >= 0.3 is 0 Å². The summed E-state index contributed by atoms with van der Waals surface area (Å²) in [6.07, 6.45) is 2.95. The summed E-state index contributed by atoms with van der Waals surface area (Å²) < 4.78 is 22.8. The van der Waals surface area contributed by atoms with Crippen LogP contribution in [0.1, 0.15) is 18.9 Å². The van der Waals surface area contributed by atoms with E-state index < -0.39 is 21.0 Å². The second-order valence-corrected chi connectivity index (χ2v) is 7.19. The second kappa shape index (κ2) is 5.21. The summed E-state index contributed by atoms with van der Waals surface area (Å²) in [6.45, 7) is 2.32. The fourth-order valence-electron chi connectivity index (χ4n) is 2.06. The number of anilines is 2. The Morgan fingerprint density at radius 1 is 1.42 bits per heavy atom. The average molecular weight is 282 g/mol. The molecule has 1 amide bonds. The molecule has 0 saturated heterocycles. The summed E-state index contributed by atoms with van der Waals surface area (Å²) in [5, 5.41) is 4.94. The molecule has 0 bridgehead atoms. The lowest BCUT2D eigenvalue weighted by atomic mass is 10.0. The van der Waals surface area contributed by atoms with Crippen LogP contribution < -0.4 is 10.6 Å². The lowest BCUT2D eigenvalue weighted by molar-refractivity contribution is -0.115. The van der Waals surface area contributed by atoms with Crippen molar-refractivity contribution in [3.05, 3.63) is 23.8 Å². The maximum atomic E-state index is 11.9. The molecular formula is C13H18N2O3S. The van der Waals surface area contributed by atoms with Crippen molar-refractivity contribution in [3.63, 3.8) is 0 Å². The Hall–Kier alpha value is -1.56. The van der Waals surface area contributed by atoms with E-state index in [4.69, 9.17) is 0 Å². The first-order chi connectivity index (χ1) is 8.89. The Balaban J connectivity index is 2.23. The molecule has 19 heavy (non-hydrogen) atoms. The monoisotopic (exact) mass is 282 g/mol. The van der Waals surface area contributed by atoms with Gasteiger partial charge in [-0.3, -0.25) is 4.79 Å². The molecule has 0 saturated carbocycles. The van der Waals surface area contributed by atoms with E-state index in [9.17, 15) is 13.2 Å². The van der Waals surface area contributed by atoms with Gasteiger partial charge in [-0.15, -0.1) is 0 Å². The van der Waals surface area contributed by atoms with Gasteiger partial charge in [-0.1, -0.05) is 6.07 Å². The van der Waals surface area contributed by atoms with Gasteiger partial charge in [0.2, 0.25) is 5.91 Å². The third-order valence-corrected chi connectivity index (χ3v) is 4.86. The third kappa shape index (κ3) is 3.07. The van der Waals surface area contributed by atoms with Crippen molar-refractivity contribution in [1.82, 2.24) is 0 Å². The molecule has 6 heteroatoms. The maximum Gasteiger partial charge on any atom is 0.242 e. The normalized spacial score (nSPS) is 16.1. The first kappa shape index (κ1) is 13.9. The molecule has 1 aromatic rings. The Morgan fingerprint density at radius 2 is 2.16 bits per heavy atom. The molecule has 2 rings (SSSR count). The predicted molar refractivity (Wildman–Crippen MR) is 76.2 cm³/mol. The highest BCUT2D eigenvalue weighted by molar-refractivity contribution is 7.92. The van der Waals surface area contributed by atoms with E-state index in [-0.39, 0.29) is 0 Å². The SMILES string of the molecule is CC(C(=O)Nc1cccc2c1CCCN2)S(C)(=O)=O. The van der Waals surface area contributed by atoms with Crippen molar-refractivity contribution in [1.29, 1.82) is 0 Å². The molecule has 0 spiro atoms. The first-order valence-corrected chi connectivity index (χ1v) is 8.20. The van der Waals surface area contributed by atoms with Crippen LogP contribution in [0, 0.1) is 0 Å². The summed E-state index contributed by atoms with van der Waals surface area (Å²) >= 11 is 0. The van der Waals surface area contributed by atoms with Crippen molar-refractivity contribution < 1.29 is 13.2 Å². The van der Waals surface area contributed by atoms with Crippen molar-refractivity contribution in [2.24, 2.45) is 0 Å². The Morgan fingerprint density at radius 3 is 2.84 bits per heavy atom. The quantitative estimate of drug-likeness (QED) is 0.879. The zero-order valence-corrected chi connectivity index (χ0v) is 11.9. The molecule has 0 aromatic heterocycles. The van der Waals surface area contributed by atoms with E-state index in [0.717, 1.165) is 36.9 Å². The van der Waals surface area contributed by atoms with Crippen molar-refractivity contribution in [2.45, 2.75) is 25.0 Å². The van der Waals surface area contributed by atoms with Crippen molar-refractivity contribution in [3.8, 4) is 0 Å². The minimum atomic E-state index is -3.37. The zero-order chi connectivity index (χ0) is 14.0. The molecule has 1 heterocycles. The molecular weight excluding hydrogens is 264 g/mol. The van der Waals surface area contributed by atoms with Gasteiger partial charge in [0.25, 0.3) is 0 Å². The predicted octanol–water partition coefficient (Wildman–Crippen LogP) is 1.42. The molecule has 1 aromatic carbocycles. The van der Waals surface area contributed by atoms with Gasteiger partial charge in [-0.25, -0.2) is 8.42 Å². The van der Waals surface area contributed by atoms with E-state index in [1.54, 1.807) is 6.07 Å². The minimum absolute atomic E-state index is 0.485. The van der Waals surface area contributed by atoms with Gasteiger partial charge in [0.05, 0.1) is 0 Å². The van der Waals surface area contributed by atoms with E-state index in [1.807, 2.05) is 12.1 Å². The summed E-state index contributed by atoms with van der Waals surface area (Å²) in [5.74, 6) is -0.485. The van der Waals surface area contributed by atoms with Gasteiger partial charge in [-0.05, 0) is 37.5 Å². The van der Waals surface area contributed by atoms with Crippen LogP contribution in [0.25, 0.3) is 0 Å². The van der Waals surface area contributed by atoms with Gasteiger partial charge in [0, 0.05) is 24.2 Å². The van der Waals surface area contributed by atoms with Crippen molar-refractivity contribution >= 4 is 27.1 Å². The highest BCUT2D eigenvalue weighted by atomic mass is 32.2. The number of rotatable bonds is 3. The molecule has 1 aliphatic heterocycles. The smallest absolute Gasteiger partial charge is 0.242 e. The zero-order valence-electron chi connectivity index (χ0n) is 11.1. The molecule has 1 aliphatic rings. The van der Waals surface area contributed by atoms with Crippen LogP contribution in [-0.2, 0) is 21.1 Å². The molecule has 1 unspecified atom stereocenters. The Kier molecular flexibility index (Phi) is 3.80. The maximum absolute atomic E-state index is 11.9. The van der Waals surface area contributed by atoms with Gasteiger partial charge in [0.15, 0.2) is 9.84 Å². The summed E-state index contributed by atoms with van der Waals surface area (Å²) in [4.78, 5) is 11.9. The van der Waals surface area contributed by atoms with Crippen LogP contribution in [0.15, 0.2) is 18.2 Å². The minimum Gasteiger partial charge on any atom is -0.385 e. The second-order valence-electron chi connectivity index (χ2n) is 4.82. The van der Waals surface area contributed by atoms with Crippen LogP contribution in [0.5, 0.6) is 0 Å². The lowest BCUT2D eigenvalue weighted by Crippen LogP contribution is -2.32. The summed E-state index contributed by atoms with van der Waals surface area (Å²) in [5.41, 5.74) is 2.75. The van der Waals surface area contributed by atoms with Crippen LogP contribution in [0.4, 0.5) is 11.4 Å². The topological polar surface area (TPSA) is 75.3 Å². The van der Waals surface area contributed by atoms with Gasteiger partial charge in [-0.2, -0.15) is 0 Å². The Labute approximate surface area is 113 Å². The van der Waals surface area contributed by atoms with Crippen molar-refractivity contribution in [2.75, 3.05) is 23.4 Å². The number of carbonyl (C=O) groups is 1. The average Bonchev–Trinajstić information content (AvgIpc) is 2.37. The third-order valence-electron chi connectivity index (χ3n) is 3.36. The molecule has 2 N–H and O–H groups in total.